The van der Waals surface area contributed by atoms with Crippen LogP contribution in [0.5, 0.6) is 0 Å². The molecular formula is C17H36Cl2OSi. The zero-order valence-electron chi connectivity index (χ0n) is 14.4. The van der Waals surface area contributed by atoms with Crippen LogP contribution >= 0.6 is 23.2 Å². The van der Waals surface area contributed by atoms with Gasteiger partial charge in [0.2, 0.25) is 8.32 Å². The molecule has 1 nitrogen and oxygen atoms in total. The van der Waals surface area contributed by atoms with Crippen LogP contribution in [0.4, 0.5) is 0 Å². The summed E-state index contributed by atoms with van der Waals surface area (Å²) in [5, 5.41) is 0. The molecule has 0 rings (SSSR count). The summed E-state index contributed by atoms with van der Waals surface area (Å²) < 4.78 is 5.53. The molecule has 0 saturated carbocycles. The summed E-state index contributed by atoms with van der Waals surface area (Å²) in [6.45, 7) is 7.26. The maximum Gasteiger partial charge on any atom is 0.220 e. The van der Waals surface area contributed by atoms with Crippen LogP contribution in [0.3, 0.4) is 0 Å². The number of hydrogen-bond acceptors (Lipinski definition) is 1. The average molecular weight is 355 g/mol. The lowest BCUT2D eigenvalue weighted by molar-refractivity contribution is 0.296. The van der Waals surface area contributed by atoms with Gasteiger partial charge in [0.1, 0.15) is 4.46 Å². The van der Waals surface area contributed by atoms with Gasteiger partial charge in [0.25, 0.3) is 0 Å². The minimum absolute atomic E-state index is 0.324. The molecule has 0 spiro atoms. The molecule has 0 bridgehead atoms. The zero-order chi connectivity index (χ0) is 16.0. The lowest BCUT2D eigenvalue weighted by Gasteiger charge is -2.23. The number of alkyl halides is 2. The smallest absolute Gasteiger partial charge is 0.220 e. The van der Waals surface area contributed by atoms with Gasteiger partial charge in [0, 0.05) is 6.61 Å². The van der Waals surface area contributed by atoms with Gasteiger partial charge in [-0.1, -0.05) is 77.6 Å². The van der Waals surface area contributed by atoms with Gasteiger partial charge in [-0.25, -0.2) is 0 Å². The molecule has 0 saturated heterocycles. The summed E-state index contributed by atoms with van der Waals surface area (Å²) in [5.41, 5.74) is 0. The van der Waals surface area contributed by atoms with E-state index in [9.17, 15) is 0 Å². The third-order valence-corrected chi connectivity index (χ3v) is 9.15. The Morgan fingerprint density at radius 1 is 0.714 bits per heavy atom. The number of rotatable bonds is 15. The Hall–Kier alpha value is 0.757. The lowest BCUT2D eigenvalue weighted by atomic mass is 10.1. The second-order valence-corrected chi connectivity index (χ2v) is 12.5. The van der Waals surface area contributed by atoms with Gasteiger partial charge < -0.3 is 4.43 Å². The monoisotopic (exact) mass is 354 g/mol. The highest BCUT2D eigenvalue weighted by atomic mass is 35.5. The van der Waals surface area contributed by atoms with Crippen LogP contribution in [0.15, 0.2) is 0 Å². The fourth-order valence-corrected chi connectivity index (χ4v) is 3.52. The molecule has 0 unspecified atom stereocenters. The van der Waals surface area contributed by atoms with Gasteiger partial charge in [-0.05, 0) is 19.5 Å². The van der Waals surface area contributed by atoms with Crippen LogP contribution in [0, 0.1) is 0 Å². The first kappa shape index (κ1) is 21.8. The lowest BCUT2D eigenvalue weighted by Crippen LogP contribution is -2.38. The predicted octanol–water partition coefficient (Wildman–Crippen LogP) is 7.25. The zero-order valence-corrected chi connectivity index (χ0v) is 16.9. The van der Waals surface area contributed by atoms with Gasteiger partial charge in [0.05, 0.1) is 0 Å². The van der Waals surface area contributed by atoms with E-state index in [1.807, 2.05) is 0 Å². The minimum Gasteiger partial charge on any atom is -0.415 e. The number of halogens is 2. The Bertz CT molecular complexity index is 223. The Balaban J connectivity index is 3.16. The van der Waals surface area contributed by atoms with Crippen LogP contribution < -0.4 is 0 Å². The molecule has 0 aliphatic rings. The first-order chi connectivity index (χ1) is 10.0. The number of unbranched alkanes of at least 4 members (excludes halogenated alkanes) is 11. The van der Waals surface area contributed by atoms with Crippen molar-refractivity contribution in [3.8, 4) is 0 Å². The van der Waals surface area contributed by atoms with Crippen LogP contribution in [-0.4, -0.2) is 19.4 Å². The maximum absolute atomic E-state index is 5.92. The highest BCUT2D eigenvalue weighted by Crippen LogP contribution is 2.20. The normalized spacial score (nSPS) is 12.3. The van der Waals surface area contributed by atoms with Gasteiger partial charge in [-0.2, -0.15) is 0 Å². The van der Waals surface area contributed by atoms with Crippen LogP contribution in [0.25, 0.3) is 0 Å². The summed E-state index contributed by atoms with van der Waals surface area (Å²) >= 11 is 11.8. The van der Waals surface area contributed by atoms with E-state index < -0.39 is 8.32 Å². The second-order valence-electron chi connectivity index (χ2n) is 6.64. The molecule has 4 heteroatoms. The van der Waals surface area contributed by atoms with E-state index in [0.717, 1.165) is 13.0 Å². The van der Waals surface area contributed by atoms with Crippen LogP contribution in [0.2, 0.25) is 13.1 Å². The maximum atomic E-state index is 5.92. The highest BCUT2D eigenvalue weighted by Gasteiger charge is 2.30. The highest BCUT2D eigenvalue weighted by molar-refractivity contribution is 6.87. The van der Waals surface area contributed by atoms with E-state index in [4.69, 9.17) is 27.6 Å². The molecule has 0 amide bonds. The largest absolute Gasteiger partial charge is 0.415 e. The molecule has 0 aromatic rings. The average Bonchev–Trinajstić information content (AvgIpc) is 2.43. The second kappa shape index (κ2) is 14.4. The van der Waals surface area contributed by atoms with Crippen molar-refractivity contribution in [2.45, 2.75) is 102 Å². The molecule has 0 radical (unpaired) electrons. The van der Waals surface area contributed by atoms with Crippen molar-refractivity contribution in [2.24, 2.45) is 0 Å². The molecule has 0 aliphatic heterocycles. The predicted molar refractivity (Wildman–Crippen MR) is 100 cm³/mol. The summed E-state index contributed by atoms with van der Waals surface area (Å²) in [6.07, 6.45) is 16.5. The van der Waals surface area contributed by atoms with Crippen molar-refractivity contribution >= 4 is 31.5 Å². The van der Waals surface area contributed by atoms with Gasteiger partial charge in [-0.3, -0.25) is 0 Å². The van der Waals surface area contributed by atoms with E-state index >= 15 is 0 Å². The third-order valence-electron chi connectivity index (χ3n) is 4.00. The van der Waals surface area contributed by atoms with E-state index in [1.165, 1.54) is 70.6 Å². The van der Waals surface area contributed by atoms with Crippen molar-refractivity contribution in [3.63, 3.8) is 0 Å². The summed E-state index contributed by atoms with van der Waals surface area (Å²) in [6, 6.07) is 0. The van der Waals surface area contributed by atoms with Crippen LogP contribution in [-0.2, 0) is 4.43 Å². The molecule has 21 heavy (non-hydrogen) atoms. The van der Waals surface area contributed by atoms with Crippen molar-refractivity contribution in [3.05, 3.63) is 0 Å². The Kier molecular flexibility index (Phi) is 14.9. The third kappa shape index (κ3) is 14.1. The standard InChI is InChI=1S/C17H36Cl2OSi/c1-4-5-6-7-8-9-10-11-12-13-14-15-16-20-21(2,3)17(18)19/h17H,4-16H2,1-3H3. The summed E-state index contributed by atoms with van der Waals surface area (Å²) in [5.74, 6) is 0. The molecule has 0 atom stereocenters. The first-order valence-corrected chi connectivity index (χ1v) is 12.8. The summed E-state index contributed by atoms with van der Waals surface area (Å²) in [7, 11) is -1.85. The topological polar surface area (TPSA) is 9.23 Å². The molecule has 0 fully saturated rings. The van der Waals surface area contributed by atoms with Gasteiger partial charge >= 0.3 is 0 Å². The number of hydrogen-bond donors (Lipinski definition) is 0. The molecule has 128 valence electrons. The molecule has 0 heterocycles. The molecule has 0 aliphatic carbocycles. The quantitative estimate of drug-likeness (QED) is 0.171. The van der Waals surface area contributed by atoms with E-state index in [-0.39, 0.29) is 4.46 Å². The minimum atomic E-state index is -1.85. The van der Waals surface area contributed by atoms with Gasteiger partial charge in [-0.15, -0.1) is 23.2 Å². The van der Waals surface area contributed by atoms with Gasteiger partial charge in [0.15, 0.2) is 0 Å². The van der Waals surface area contributed by atoms with E-state index in [1.54, 1.807) is 0 Å². The summed E-state index contributed by atoms with van der Waals surface area (Å²) in [4.78, 5) is 0. The van der Waals surface area contributed by atoms with E-state index in [2.05, 4.69) is 20.0 Å². The first-order valence-electron chi connectivity index (χ1n) is 8.93. The Labute approximate surface area is 144 Å². The van der Waals surface area contributed by atoms with E-state index in [0.29, 0.717) is 0 Å². The Morgan fingerprint density at radius 2 is 1.10 bits per heavy atom. The van der Waals surface area contributed by atoms with Crippen molar-refractivity contribution in [1.82, 2.24) is 0 Å². The Morgan fingerprint density at radius 3 is 1.48 bits per heavy atom. The fraction of sp³-hybridized carbons (Fsp3) is 1.00. The molecule has 0 N–H and O–H groups in total. The van der Waals surface area contributed by atoms with Crippen molar-refractivity contribution in [2.75, 3.05) is 6.61 Å². The molecule has 0 aromatic carbocycles. The van der Waals surface area contributed by atoms with Crippen LogP contribution in [0.1, 0.15) is 84.0 Å². The SMILES string of the molecule is CCCCCCCCCCCCCCO[Si](C)(C)C(Cl)Cl. The van der Waals surface area contributed by atoms with Crippen molar-refractivity contribution in [1.29, 1.82) is 0 Å². The molecular weight excluding hydrogens is 319 g/mol. The van der Waals surface area contributed by atoms with Crippen molar-refractivity contribution < 1.29 is 4.43 Å². The molecule has 0 aromatic heterocycles. The fourth-order valence-electron chi connectivity index (χ4n) is 2.34.